The first-order valence-corrected chi connectivity index (χ1v) is 10.2. The van der Waals surface area contributed by atoms with Crippen molar-refractivity contribution in [1.82, 2.24) is 19.7 Å². The highest BCUT2D eigenvalue weighted by atomic mass is 32.1. The van der Waals surface area contributed by atoms with E-state index in [1.54, 1.807) is 16.8 Å². The second-order valence-corrected chi connectivity index (χ2v) is 7.79. The van der Waals surface area contributed by atoms with Crippen LogP contribution in [-0.2, 0) is 16.6 Å². The van der Waals surface area contributed by atoms with E-state index in [1.807, 2.05) is 30.4 Å². The molecule has 0 saturated carbocycles. The SMILES string of the molecule is Cc1nn(C)cc1-c1csc(NC(=O)[C@H](c2ccc(F)cc2)N2CCOCC2)n1. The fraction of sp³-hybridized carbons (Fsp3) is 0.350. The van der Waals surface area contributed by atoms with E-state index >= 15 is 0 Å². The number of hydrogen-bond acceptors (Lipinski definition) is 6. The van der Waals surface area contributed by atoms with E-state index in [9.17, 15) is 9.18 Å². The third-order valence-electron chi connectivity index (χ3n) is 4.87. The van der Waals surface area contributed by atoms with E-state index in [1.165, 1.54) is 23.5 Å². The molecular formula is C20H22FN5O2S. The first-order chi connectivity index (χ1) is 14.0. The van der Waals surface area contributed by atoms with Crippen molar-refractivity contribution in [2.45, 2.75) is 13.0 Å². The summed E-state index contributed by atoms with van der Waals surface area (Å²) in [4.78, 5) is 19.8. The maximum absolute atomic E-state index is 13.4. The number of nitrogens with one attached hydrogen (secondary N) is 1. The van der Waals surface area contributed by atoms with Crippen LogP contribution in [0.25, 0.3) is 11.3 Å². The zero-order chi connectivity index (χ0) is 20.4. The molecule has 1 saturated heterocycles. The Morgan fingerprint density at radius 2 is 2.00 bits per heavy atom. The Kier molecular flexibility index (Phi) is 5.70. The van der Waals surface area contributed by atoms with Crippen molar-refractivity contribution in [2.24, 2.45) is 7.05 Å². The molecule has 1 atom stereocenters. The summed E-state index contributed by atoms with van der Waals surface area (Å²) in [6, 6.07) is 5.53. The van der Waals surface area contributed by atoms with E-state index < -0.39 is 6.04 Å². The van der Waals surface area contributed by atoms with Gasteiger partial charge in [0.25, 0.3) is 0 Å². The van der Waals surface area contributed by atoms with Crippen LogP contribution < -0.4 is 5.32 Å². The fourth-order valence-corrected chi connectivity index (χ4v) is 4.20. The second-order valence-electron chi connectivity index (χ2n) is 6.93. The Morgan fingerprint density at radius 1 is 1.28 bits per heavy atom. The number of carbonyl (C=O) groups excluding carboxylic acids is 1. The van der Waals surface area contributed by atoms with E-state index in [0.717, 1.165) is 22.5 Å². The van der Waals surface area contributed by atoms with Crippen molar-refractivity contribution in [3.05, 3.63) is 52.9 Å². The van der Waals surface area contributed by atoms with Gasteiger partial charge < -0.3 is 10.1 Å². The monoisotopic (exact) mass is 415 g/mol. The molecule has 1 aliphatic heterocycles. The minimum absolute atomic E-state index is 0.192. The average Bonchev–Trinajstić information content (AvgIpc) is 3.30. The third kappa shape index (κ3) is 4.36. The zero-order valence-electron chi connectivity index (χ0n) is 16.3. The van der Waals surface area contributed by atoms with Crippen LogP contribution in [0.2, 0.25) is 0 Å². The van der Waals surface area contributed by atoms with Gasteiger partial charge in [-0.3, -0.25) is 14.4 Å². The largest absolute Gasteiger partial charge is 0.379 e. The number of benzene rings is 1. The second kappa shape index (κ2) is 8.40. The third-order valence-corrected chi connectivity index (χ3v) is 5.63. The first-order valence-electron chi connectivity index (χ1n) is 9.35. The quantitative estimate of drug-likeness (QED) is 0.694. The molecule has 0 spiro atoms. The van der Waals surface area contributed by atoms with Crippen LogP contribution in [0.5, 0.6) is 0 Å². The topological polar surface area (TPSA) is 72.3 Å². The smallest absolute Gasteiger partial charge is 0.248 e. The van der Waals surface area contributed by atoms with Gasteiger partial charge in [-0.05, 0) is 24.6 Å². The zero-order valence-corrected chi connectivity index (χ0v) is 17.1. The molecule has 1 fully saturated rings. The van der Waals surface area contributed by atoms with Crippen LogP contribution in [0.4, 0.5) is 9.52 Å². The van der Waals surface area contributed by atoms with Crippen LogP contribution in [0.1, 0.15) is 17.3 Å². The Bertz CT molecular complexity index is 995. The molecule has 3 heterocycles. The lowest BCUT2D eigenvalue weighted by Gasteiger charge is -2.33. The molecule has 9 heteroatoms. The van der Waals surface area contributed by atoms with Gasteiger partial charge in [-0.25, -0.2) is 9.37 Å². The number of rotatable bonds is 5. The molecule has 152 valence electrons. The highest BCUT2D eigenvalue weighted by Crippen LogP contribution is 2.29. The van der Waals surface area contributed by atoms with Gasteiger partial charge in [-0.2, -0.15) is 5.10 Å². The number of hydrogen-bond donors (Lipinski definition) is 1. The Morgan fingerprint density at radius 3 is 2.66 bits per heavy atom. The molecule has 4 rings (SSSR count). The molecule has 3 aromatic rings. The van der Waals surface area contributed by atoms with Crippen molar-refractivity contribution < 1.29 is 13.9 Å². The summed E-state index contributed by atoms with van der Waals surface area (Å²) < 4.78 is 20.5. The number of aryl methyl sites for hydroxylation is 2. The Hall–Kier alpha value is -2.62. The normalized spacial score (nSPS) is 16.0. The number of halogens is 1. The lowest BCUT2D eigenvalue weighted by molar-refractivity contribution is -0.123. The summed E-state index contributed by atoms with van der Waals surface area (Å²) in [5, 5.41) is 9.70. The van der Waals surface area contributed by atoms with Crippen molar-refractivity contribution in [3.8, 4) is 11.3 Å². The summed E-state index contributed by atoms with van der Waals surface area (Å²) in [6.07, 6.45) is 1.91. The van der Waals surface area contributed by atoms with E-state index in [-0.39, 0.29) is 11.7 Å². The average molecular weight is 415 g/mol. The van der Waals surface area contributed by atoms with Gasteiger partial charge in [-0.1, -0.05) is 12.1 Å². The van der Waals surface area contributed by atoms with Gasteiger partial charge in [0.15, 0.2) is 5.13 Å². The van der Waals surface area contributed by atoms with Gasteiger partial charge in [0, 0.05) is 37.3 Å². The summed E-state index contributed by atoms with van der Waals surface area (Å²) in [7, 11) is 1.86. The van der Waals surface area contributed by atoms with Gasteiger partial charge in [0.05, 0.1) is 24.6 Å². The molecule has 0 radical (unpaired) electrons. The van der Waals surface area contributed by atoms with Crippen LogP contribution >= 0.6 is 11.3 Å². The molecule has 1 aliphatic rings. The minimum Gasteiger partial charge on any atom is -0.379 e. The number of amides is 1. The Labute approximate surface area is 172 Å². The molecule has 7 nitrogen and oxygen atoms in total. The molecule has 0 bridgehead atoms. The number of anilines is 1. The number of morpholine rings is 1. The lowest BCUT2D eigenvalue weighted by Crippen LogP contribution is -2.43. The number of thiazole rings is 1. The van der Waals surface area contributed by atoms with Crippen LogP contribution in [0, 0.1) is 12.7 Å². The molecule has 0 unspecified atom stereocenters. The number of carbonyl (C=O) groups is 1. The number of aromatic nitrogens is 3. The molecule has 0 aliphatic carbocycles. The highest BCUT2D eigenvalue weighted by molar-refractivity contribution is 7.14. The van der Waals surface area contributed by atoms with E-state index in [0.29, 0.717) is 31.4 Å². The minimum atomic E-state index is -0.535. The van der Waals surface area contributed by atoms with Crippen LogP contribution in [-0.4, -0.2) is 51.9 Å². The lowest BCUT2D eigenvalue weighted by atomic mass is 10.0. The molecule has 1 N–H and O–H groups in total. The highest BCUT2D eigenvalue weighted by Gasteiger charge is 2.29. The molecule has 29 heavy (non-hydrogen) atoms. The summed E-state index contributed by atoms with van der Waals surface area (Å²) in [6.45, 7) is 4.32. The Balaban J connectivity index is 1.56. The van der Waals surface area contributed by atoms with Crippen molar-refractivity contribution in [1.29, 1.82) is 0 Å². The van der Waals surface area contributed by atoms with Crippen molar-refractivity contribution in [2.75, 3.05) is 31.6 Å². The van der Waals surface area contributed by atoms with Gasteiger partial charge >= 0.3 is 0 Å². The number of nitrogens with zero attached hydrogens (tertiary/aromatic N) is 4. The predicted molar refractivity (Wildman–Crippen MR) is 109 cm³/mol. The van der Waals surface area contributed by atoms with Crippen LogP contribution in [0.15, 0.2) is 35.8 Å². The first kappa shape index (κ1) is 19.7. The molecular weight excluding hydrogens is 393 g/mol. The summed E-state index contributed by atoms with van der Waals surface area (Å²) >= 11 is 1.37. The predicted octanol–water partition coefficient (Wildman–Crippen LogP) is 3.00. The summed E-state index contributed by atoms with van der Waals surface area (Å²) in [5.41, 5.74) is 3.34. The van der Waals surface area contributed by atoms with Gasteiger partial charge in [0.2, 0.25) is 5.91 Å². The standard InChI is InChI=1S/C20H22FN5O2S/c1-13-16(11-25(2)24-13)17-12-29-20(22-17)23-19(27)18(26-7-9-28-10-8-26)14-3-5-15(21)6-4-14/h3-6,11-12,18H,7-10H2,1-2H3,(H,22,23,27)/t18-/m0/s1. The van der Waals surface area contributed by atoms with Crippen molar-refractivity contribution >= 4 is 22.4 Å². The van der Waals surface area contributed by atoms with E-state index in [2.05, 4.69) is 15.4 Å². The van der Waals surface area contributed by atoms with Gasteiger partial charge in [-0.15, -0.1) is 11.3 Å². The van der Waals surface area contributed by atoms with Gasteiger partial charge in [0.1, 0.15) is 11.9 Å². The maximum Gasteiger partial charge on any atom is 0.248 e. The number of ether oxygens (including phenoxy) is 1. The van der Waals surface area contributed by atoms with E-state index in [4.69, 9.17) is 4.74 Å². The maximum atomic E-state index is 13.4. The van der Waals surface area contributed by atoms with Crippen LogP contribution in [0.3, 0.4) is 0 Å². The molecule has 2 aromatic heterocycles. The molecule has 1 amide bonds. The fourth-order valence-electron chi connectivity index (χ4n) is 3.49. The summed E-state index contributed by atoms with van der Waals surface area (Å²) in [5.74, 6) is -0.520. The molecule has 1 aromatic carbocycles. The van der Waals surface area contributed by atoms with Crippen molar-refractivity contribution in [3.63, 3.8) is 0 Å².